The Morgan fingerprint density at radius 2 is 1.75 bits per heavy atom. The number of hydrogen-bond donors (Lipinski definition) is 1. The van der Waals surface area contributed by atoms with Gasteiger partial charge in [-0.15, -0.1) is 0 Å². The normalized spacial score (nSPS) is 16.0. The molecule has 0 radical (unpaired) electrons. The van der Waals surface area contributed by atoms with Crippen LogP contribution >= 0.6 is 0 Å². The summed E-state index contributed by atoms with van der Waals surface area (Å²) >= 11 is 0. The third kappa shape index (κ3) is 3.04. The monoisotopic (exact) mass is 322 g/mol. The zero-order valence-electron chi connectivity index (χ0n) is 14.3. The molecule has 1 aliphatic heterocycles. The maximum Gasteiger partial charge on any atom is 0.225 e. The van der Waals surface area contributed by atoms with Gasteiger partial charge in [0.15, 0.2) is 0 Å². The molecule has 0 spiro atoms. The lowest BCUT2D eigenvalue weighted by Gasteiger charge is -2.16. The maximum atomic E-state index is 12.5. The number of hydrogen-bond acceptors (Lipinski definition) is 2. The minimum atomic E-state index is -0.0161. The van der Waals surface area contributed by atoms with E-state index < -0.39 is 0 Å². The summed E-state index contributed by atoms with van der Waals surface area (Å²) in [7, 11) is 0. The maximum absolute atomic E-state index is 12.5. The van der Waals surface area contributed by atoms with Crippen molar-refractivity contribution in [3.63, 3.8) is 0 Å². The smallest absolute Gasteiger partial charge is 0.225 e. The zero-order chi connectivity index (χ0) is 17.3. The fourth-order valence-corrected chi connectivity index (χ4v) is 3.39. The molecule has 124 valence electrons. The molecule has 0 aliphatic carbocycles. The molecule has 0 saturated carbocycles. The fourth-order valence-electron chi connectivity index (χ4n) is 3.39. The average Bonchev–Trinajstić information content (AvgIpc) is 2.90. The van der Waals surface area contributed by atoms with Crippen LogP contribution in [0.5, 0.6) is 0 Å². The molecular formula is C20H22N2O2. The molecule has 1 heterocycles. The van der Waals surface area contributed by atoms with Crippen LogP contribution in [0.3, 0.4) is 0 Å². The molecule has 0 fully saturated rings. The number of nitrogens with zero attached hydrogens (tertiary/aromatic N) is 1. The van der Waals surface area contributed by atoms with Crippen molar-refractivity contribution in [3.05, 3.63) is 59.2 Å². The highest BCUT2D eigenvalue weighted by atomic mass is 16.2. The predicted molar refractivity (Wildman–Crippen MR) is 96.4 cm³/mol. The van der Waals surface area contributed by atoms with Gasteiger partial charge >= 0.3 is 0 Å². The molecule has 4 heteroatoms. The van der Waals surface area contributed by atoms with Gasteiger partial charge in [-0.05, 0) is 36.6 Å². The van der Waals surface area contributed by atoms with Crippen molar-refractivity contribution < 1.29 is 9.59 Å². The minimum absolute atomic E-state index is 0.0140. The Labute approximate surface area is 142 Å². The summed E-state index contributed by atoms with van der Waals surface area (Å²) < 4.78 is 0. The van der Waals surface area contributed by atoms with Crippen LogP contribution in [0, 0.1) is 13.8 Å². The summed E-state index contributed by atoms with van der Waals surface area (Å²) in [5.74, 6) is 0.0344. The van der Waals surface area contributed by atoms with Gasteiger partial charge in [0.25, 0.3) is 0 Å². The van der Waals surface area contributed by atoms with Gasteiger partial charge in [-0.2, -0.15) is 0 Å². The van der Waals surface area contributed by atoms with Crippen LogP contribution < -0.4 is 10.2 Å². The van der Waals surface area contributed by atoms with E-state index in [1.807, 2.05) is 56.3 Å². The Morgan fingerprint density at radius 3 is 2.42 bits per heavy atom. The van der Waals surface area contributed by atoms with Crippen molar-refractivity contribution >= 4 is 23.2 Å². The SMILES string of the molecule is CC(=O)N1CC(CC(=O)Nc2c(C)cccc2C)c2ccccc21. The van der Waals surface area contributed by atoms with Crippen molar-refractivity contribution in [1.29, 1.82) is 0 Å². The van der Waals surface area contributed by atoms with E-state index in [9.17, 15) is 9.59 Å². The molecule has 1 unspecified atom stereocenters. The number of nitrogens with one attached hydrogen (secondary N) is 1. The summed E-state index contributed by atoms with van der Waals surface area (Å²) in [6, 6.07) is 13.8. The van der Waals surface area contributed by atoms with Gasteiger partial charge < -0.3 is 10.2 Å². The summed E-state index contributed by atoms with van der Waals surface area (Å²) in [5.41, 5.74) is 5.00. The number of aryl methyl sites for hydroxylation is 2. The predicted octanol–water partition coefficient (Wildman–Crippen LogP) is 3.78. The van der Waals surface area contributed by atoms with Gasteiger partial charge in [-0.25, -0.2) is 0 Å². The van der Waals surface area contributed by atoms with E-state index in [0.29, 0.717) is 13.0 Å². The van der Waals surface area contributed by atoms with Crippen LogP contribution in [0.4, 0.5) is 11.4 Å². The third-order valence-corrected chi connectivity index (χ3v) is 4.63. The number of fused-ring (bicyclic) bond motifs is 1. The van der Waals surface area contributed by atoms with E-state index in [-0.39, 0.29) is 17.7 Å². The Morgan fingerprint density at radius 1 is 1.08 bits per heavy atom. The first-order valence-corrected chi connectivity index (χ1v) is 8.20. The molecule has 0 aromatic heterocycles. The molecule has 0 bridgehead atoms. The van der Waals surface area contributed by atoms with Crippen LogP contribution in [0.2, 0.25) is 0 Å². The van der Waals surface area contributed by atoms with Crippen molar-refractivity contribution in [2.75, 3.05) is 16.8 Å². The fraction of sp³-hybridized carbons (Fsp3) is 0.300. The zero-order valence-corrected chi connectivity index (χ0v) is 14.3. The molecule has 1 N–H and O–H groups in total. The van der Waals surface area contributed by atoms with Crippen molar-refractivity contribution in [1.82, 2.24) is 0 Å². The molecule has 1 aliphatic rings. The summed E-state index contributed by atoms with van der Waals surface area (Å²) in [5, 5.41) is 3.04. The highest BCUT2D eigenvalue weighted by Gasteiger charge is 2.31. The highest BCUT2D eigenvalue weighted by molar-refractivity contribution is 5.96. The molecular weight excluding hydrogens is 300 g/mol. The number of benzene rings is 2. The van der Waals surface area contributed by atoms with Crippen LogP contribution in [-0.4, -0.2) is 18.4 Å². The largest absolute Gasteiger partial charge is 0.326 e. The Balaban J connectivity index is 1.77. The first kappa shape index (κ1) is 16.2. The topological polar surface area (TPSA) is 49.4 Å². The van der Waals surface area contributed by atoms with Crippen LogP contribution in [-0.2, 0) is 9.59 Å². The van der Waals surface area contributed by atoms with E-state index in [4.69, 9.17) is 0 Å². The summed E-state index contributed by atoms with van der Waals surface area (Å²) in [6.07, 6.45) is 0.370. The molecule has 3 rings (SSSR count). The minimum Gasteiger partial charge on any atom is -0.326 e. The first-order chi connectivity index (χ1) is 11.5. The van der Waals surface area contributed by atoms with Gasteiger partial charge in [-0.3, -0.25) is 9.59 Å². The first-order valence-electron chi connectivity index (χ1n) is 8.20. The number of anilines is 2. The second-order valence-electron chi connectivity index (χ2n) is 6.40. The van der Waals surface area contributed by atoms with E-state index in [2.05, 4.69) is 5.32 Å². The molecule has 0 saturated heterocycles. The van der Waals surface area contributed by atoms with Crippen molar-refractivity contribution in [2.45, 2.75) is 33.1 Å². The second-order valence-corrected chi connectivity index (χ2v) is 6.40. The number of carbonyl (C=O) groups is 2. The van der Waals surface area contributed by atoms with E-state index >= 15 is 0 Å². The van der Waals surface area contributed by atoms with Gasteiger partial charge in [0.05, 0.1) is 0 Å². The van der Waals surface area contributed by atoms with Gasteiger partial charge in [0, 0.05) is 37.2 Å². The molecule has 2 aromatic rings. The van der Waals surface area contributed by atoms with E-state index in [1.165, 1.54) is 0 Å². The Kier molecular flexibility index (Phi) is 4.38. The molecule has 1 atom stereocenters. The van der Waals surface area contributed by atoms with E-state index in [0.717, 1.165) is 28.1 Å². The standard InChI is InChI=1S/C20H22N2O2/c1-13-7-6-8-14(2)20(13)21-19(24)11-16-12-22(15(3)23)18-10-5-4-9-17(16)18/h4-10,16H,11-12H2,1-3H3,(H,21,24). The van der Waals surface area contributed by atoms with Gasteiger partial charge in [0.1, 0.15) is 0 Å². The second kappa shape index (κ2) is 6.48. The molecule has 2 aromatic carbocycles. The Hall–Kier alpha value is -2.62. The van der Waals surface area contributed by atoms with Gasteiger partial charge in [-0.1, -0.05) is 36.4 Å². The number of rotatable bonds is 3. The summed E-state index contributed by atoms with van der Waals surface area (Å²) in [6.45, 7) is 6.11. The lowest BCUT2D eigenvalue weighted by Crippen LogP contribution is -2.28. The van der Waals surface area contributed by atoms with Crippen LogP contribution in [0.25, 0.3) is 0 Å². The summed E-state index contributed by atoms with van der Waals surface area (Å²) in [4.78, 5) is 26.1. The molecule has 4 nitrogen and oxygen atoms in total. The number of carbonyl (C=O) groups excluding carboxylic acids is 2. The molecule has 24 heavy (non-hydrogen) atoms. The molecule has 2 amide bonds. The van der Waals surface area contributed by atoms with Crippen LogP contribution in [0.1, 0.15) is 36.0 Å². The Bertz CT molecular complexity index is 778. The highest BCUT2D eigenvalue weighted by Crippen LogP contribution is 2.38. The number of para-hydroxylation sites is 2. The number of amides is 2. The average molecular weight is 322 g/mol. The van der Waals surface area contributed by atoms with E-state index in [1.54, 1.807) is 11.8 Å². The lowest BCUT2D eigenvalue weighted by molar-refractivity contribution is -0.118. The van der Waals surface area contributed by atoms with Crippen LogP contribution in [0.15, 0.2) is 42.5 Å². The van der Waals surface area contributed by atoms with Gasteiger partial charge in [0.2, 0.25) is 11.8 Å². The lowest BCUT2D eigenvalue weighted by atomic mass is 9.97. The van der Waals surface area contributed by atoms with Crippen molar-refractivity contribution in [3.8, 4) is 0 Å². The third-order valence-electron chi connectivity index (χ3n) is 4.63. The quantitative estimate of drug-likeness (QED) is 0.935. The van der Waals surface area contributed by atoms with Crippen molar-refractivity contribution in [2.24, 2.45) is 0 Å².